The molecule has 4 N–H and O–H groups in total. The molecule has 16 heteroatoms. The van der Waals surface area contributed by atoms with Crippen LogP contribution in [0.3, 0.4) is 0 Å². The molecular formula is C34H36BF2N5O7S. The van der Waals surface area contributed by atoms with Crippen LogP contribution in [0.1, 0.15) is 60.9 Å². The van der Waals surface area contributed by atoms with Crippen molar-refractivity contribution in [3.05, 3.63) is 100 Å². The predicted octanol–water partition coefficient (Wildman–Crippen LogP) is 3.81. The van der Waals surface area contributed by atoms with Crippen LogP contribution < -0.4 is 20.3 Å². The highest BCUT2D eigenvalue weighted by atomic mass is 32.2. The number of aliphatic hydroxyl groups excluding tert-OH is 1. The Morgan fingerprint density at radius 2 is 1.56 bits per heavy atom. The molecule has 0 aliphatic carbocycles. The van der Waals surface area contributed by atoms with Crippen molar-refractivity contribution in [2.24, 2.45) is 0 Å². The number of nitrogens with zero attached hydrogens (tertiary/aromatic N) is 2. The van der Waals surface area contributed by atoms with Gasteiger partial charge in [-0.15, -0.1) is 0 Å². The van der Waals surface area contributed by atoms with Gasteiger partial charge >= 0.3 is 6.03 Å². The van der Waals surface area contributed by atoms with Crippen molar-refractivity contribution in [1.82, 2.24) is 15.5 Å². The van der Waals surface area contributed by atoms with E-state index in [1.54, 1.807) is 53.8 Å². The fraction of sp³-hybridized carbons (Fsp3) is 0.294. The van der Waals surface area contributed by atoms with Gasteiger partial charge in [0.1, 0.15) is 11.6 Å². The van der Waals surface area contributed by atoms with E-state index in [9.17, 15) is 32.7 Å². The number of carbonyl (C=O) groups is 4. The van der Waals surface area contributed by atoms with E-state index in [1.165, 1.54) is 34.1 Å². The van der Waals surface area contributed by atoms with Crippen molar-refractivity contribution in [3.63, 3.8) is 0 Å². The molecule has 2 atom stereocenters. The molecule has 4 rings (SSSR count). The maximum atomic E-state index is 15.1. The van der Waals surface area contributed by atoms with E-state index in [1.807, 2.05) is 4.72 Å². The Kier molecular flexibility index (Phi) is 10.9. The molecule has 1 aliphatic heterocycles. The van der Waals surface area contributed by atoms with Crippen molar-refractivity contribution in [2.45, 2.75) is 63.7 Å². The summed E-state index contributed by atoms with van der Waals surface area (Å²) >= 11 is 0. The van der Waals surface area contributed by atoms with Gasteiger partial charge in [-0.05, 0) is 94.6 Å². The summed E-state index contributed by atoms with van der Waals surface area (Å²) in [5.41, 5.74) is -0.893. The Bertz CT molecular complexity index is 1980. The lowest BCUT2D eigenvalue weighted by atomic mass is 9.90. The summed E-state index contributed by atoms with van der Waals surface area (Å²) in [6.07, 6.45) is -1.35. The van der Waals surface area contributed by atoms with Gasteiger partial charge in [0, 0.05) is 35.6 Å². The largest absolute Gasteiger partial charge is 0.369 e. The number of urea groups is 1. The summed E-state index contributed by atoms with van der Waals surface area (Å²) < 4.78 is 57.9. The van der Waals surface area contributed by atoms with E-state index >= 15 is 8.78 Å². The zero-order valence-corrected chi connectivity index (χ0v) is 29.0. The molecule has 50 heavy (non-hydrogen) atoms. The second-order valence-electron chi connectivity index (χ2n) is 12.8. The molecule has 0 saturated carbocycles. The lowest BCUT2D eigenvalue weighted by Crippen LogP contribution is -2.51. The highest BCUT2D eigenvalue weighted by Gasteiger charge is 2.34. The summed E-state index contributed by atoms with van der Waals surface area (Å²) in [5, 5.41) is 15.7. The third-order valence-electron chi connectivity index (χ3n) is 7.96. The molecule has 1 unspecified atom stereocenters. The lowest BCUT2D eigenvalue weighted by molar-refractivity contribution is -0.113. The number of hydrogen-bond donors (Lipinski definition) is 4. The maximum absolute atomic E-state index is 15.1. The summed E-state index contributed by atoms with van der Waals surface area (Å²) in [6, 6.07) is 10.1. The number of aliphatic hydroxyl groups is 1. The van der Waals surface area contributed by atoms with E-state index in [-0.39, 0.29) is 16.9 Å². The van der Waals surface area contributed by atoms with E-state index in [0.29, 0.717) is 34.7 Å². The van der Waals surface area contributed by atoms with Gasteiger partial charge in [-0.3, -0.25) is 19.2 Å². The third-order valence-corrected chi connectivity index (χ3v) is 9.34. The zero-order valence-electron chi connectivity index (χ0n) is 28.2. The van der Waals surface area contributed by atoms with Crippen LogP contribution in [0.4, 0.5) is 25.0 Å². The van der Waals surface area contributed by atoms with E-state index in [2.05, 4.69) is 10.6 Å². The predicted molar refractivity (Wildman–Crippen MR) is 183 cm³/mol. The average molecular weight is 708 g/mol. The Balaban J connectivity index is 1.46. The first kappa shape index (κ1) is 37.7. The molecular weight excluding hydrogens is 671 g/mol. The molecule has 262 valence electrons. The normalized spacial score (nSPS) is 15.9. The van der Waals surface area contributed by atoms with Crippen LogP contribution in [0.2, 0.25) is 0 Å². The Labute approximate surface area is 290 Å². The van der Waals surface area contributed by atoms with Crippen LogP contribution in [0.15, 0.2) is 76.8 Å². The highest BCUT2D eigenvalue weighted by molar-refractivity contribution is 7.92. The maximum Gasteiger partial charge on any atom is 0.330 e. The topological polar surface area (TPSA) is 165 Å². The summed E-state index contributed by atoms with van der Waals surface area (Å²) in [6.45, 7) is 8.74. The molecule has 0 aromatic heterocycles. The van der Waals surface area contributed by atoms with Crippen molar-refractivity contribution in [3.8, 4) is 0 Å². The molecule has 3 aromatic carbocycles. The van der Waals surface area contributed by atoms with Gasteiger partial charge in [-0.25, -0.2) is 22.0 Å². The Hall–Kier alpha value is -5.09. The fourth-order valence-corrected chi connectivity index (χ4v) is 6.05. The molecule has 4 amide bonds. The third kappa shape index (κ3) is 8.37. The monoisotopic (exact) mass is 707 g/mol. The van der Waals surface area contributed by atoms with Crippen LogP contribution in [-0.2, 0) is 21.2 Å². The van der Waals surface area contributed by atoms with Crippen molar-refractivity contribution in [1.29, 1.82) is 0 Å². The summed E-state index contributed by atoms with van der Waals surface area (Å²) in [4.78, 5) is 52.6. The van der Waals surface area contributed by atoms with Gasteiger partial charge in [0.25, 0.3) is 21.8 Å². The van der Waals surface area contributed by atoms with E-state index in [0.717, 1.165) is 12.1 Å². The first-order valence-corrected chi connectivity index (χ1v) is 16.7. The SMILES string of the molecule is [B]C(=O)[C@H](Cc1ccc(N2C(=O)N(C)C(C)=C(C)C2O)cc1)NC(=O)c1cc(F)c(NS(=O)(=O)c2ccc(C(=O)NC(C)(C)C)cc2)cc1F. The van der Waals surface area contributed by atoms with Gasteiger partial charge < -0.3 is 25.4 Å². The Morgan fingerprint density at radius 1 is 0.960 bits per heavy atom. The minimum Gasteiger partial charge on any atom is -0.369 e. The molecule has 3 aromatic rings. The van der Waals surface area contributed by atoms with Gasteiger partial charge in [0.2, 0.25) is 0 Å². The molecule has 0 spiro atoms. The minimum atomic E-state index is -4.44. The number of nitrogens with one attached hydrogen (secondary N) is 3. The number of sulfonamides is 1. The number of anilines is 2. The van der Waals surface area contributed by atoms with E-state index in [4.69, 9.17) is 7.85 Å². The smallest absolute Gasteiger partial charge is 0.330 e. The number of rotatable bonds is 10. The fourth-order valence-electron chi connectivity index (χ4n) is 4.99. The van der Waals surface area contributed by atoms with E-state index < -0.39 is 74.2 Å². The summed E-state index contributed by atoms with van der Waals surface area (Å²) in [7, 11) is 2.62. The first-order valence-electron chi connectivity index (χ1n) is 15.3. The number of benzene rings is 3. The molecule has 1 aliphatic rings. The molecule has 0 bridgehead atoms. The van der Waals surface area contributed by atoms with Crippen molar-refractivity contribution >= 4 is 52.8 Å². The van der Waals surface area contributed by atoms with Crippen LogP contribution in [0.25, 0.3) is 0 Å². The van der Waals surface area contributed by atoms with Gasteiger partial charge in [0.05, 0.1) is 27.9 Å². The number of allylic oxidation sites excluding steroid dienone is 1. The molecule has 12 nitrogen and oxygen atoms in total. The second kappa shape index (κ2) is 14.4. The number of halogens is 2. The molecule has 0 saturated heterocycles. The van der Waals surface area contributed by atoms with Gasteiger partial charge in [-0.1, -0.05) is 12.1 Å². The molecule has 0 fully saturated rings. The van der Waals surface area contributed by atoms with Gasteiger partial charge in [0.15, 0.2) is 14.1 Å². The van der Waals surface area contributed by atoms with Crippen LogP contribution >= 0.6 is 0 Å². The number of hydrogen-bond acceptors (Lipinski definition) is 7. The zero-order chi connectivity index (χ0) is 37.3. The van der Waals surface area contributed by atoms with Crippen LogP contribution in [-0.4, -0.2) is 74.7 Å². The van der Waals surface area contributed by atoms with Gasteiger partial charge in [-0.2, -0.15) is 0 Å². The number of amides is 4. The lowest BCUT2D eigenvalue weighted by Gasteiger charge is -2.38. The van der Waals surface area contributed by atoms with Crippen molar-refractivity contribution < 1.29 is 41.5 Å². The average Bonchev–Trinajstić information content (AvgIpc) is 3.04. The molecule has 2 radical (unpaired) electrons. The minimum absolute atomic E-state index is 0.158. The quantitative estimate of drug-likeness (QED) is 0.233. The second-order valence-corrected chi connectivity index (χ2v) is 14.5. The standard InChI is InChI=1S/C34H36BF2N5O7S/c1-18-19(2)41(6)33(47)42(32(18)46)22-11-7-20(8-12-22)15-28(29(35)43)38-31(45)24-16-26(37)27(17-25(24)36)40-50(48,49)23-13-9-21(10-14-23)30(44)39-34(3,4)5/h7-14,16-17,28,32,40,46H,15H2,1-6H3,(H,38,45)(H,39,44)/t28-,32?/m0/s1. The number of carbonyl (C=O) groups excluding carboxylic acids is 4. The van der Waals surface area contributed by atoms with Crippen LogP contribution in [0.5, 0.6) is 0 Å². The highest BCUT2D eigenvalue weighted by Crippen LogP contribution is 2.29. The summed E-state index contributed by atoms with van der Waals surface area (Å²) in [5.74, 6) is -4.20. The Morgan fingerprint density at radius 3 is 2.12 bits per heavy atom. The van der Waals surface area contributed by atoms with Crippen molar-refractivity contribution in [2.75, 3.05) is 16.7 Å². The molecule has 1 heterocycles. The first-order chi connectivity index (χ1) is 23.2. The van der Waals surface area contributed by atoms with Crippen LogP contribution in [0, 0.1) is 11.6 Å².